The smallest absolute Gasteiger partial charge is 0.259 e. The fraction of sp³-hybridized carbons (Fsp3) is 0.556. The molecule has 102 valence electrons. The first kappa shape index (κ1) is 14.5. The lowest BCUT2D eigenvalue weighted by atomic mass is 10.2. The third kappa shape index (κ3) is 3.70. The minimum Gasteiger partial charge on any atom is -0.409 e. The summed E-state index contributed by atoms with van der Waals surface area (Å²) in [6, 6.07) is -0.488. The van der Waals surface area contributed by atoms with E-state index in [1.807, 2.05) is 6.92 Å². The number of nitrogens with two attached hydrogens (primary N) is 1. The van der Waals surface area contributed by atoms with Crippen molar-refractivity contribution in [2.75, 3.05) is 0 Å². The zero-order valence-corrected chi connectivity index (χ0v) is 11.1. The first-order valence-corrected chi connectivity index (χ1v) is 6.88. The van der Waals surface area contributed by atoms with Gasteiger partial charge in [0.25, 0.3) is 10.0 Å². The summed E-state index contributed by atoms with van der Waals surface area (Å²) >= 11 is 0. The Morgan fingerprint density at radius 1 is 1.72 bits per heavy atom. The Balaban J connectivity index is 2.76. The Labute approximate surface area is 106 Å². The van der Waals surface area contributed by atoms with Crippen molar-refractivity contribution in [3.05, 3.63) is 12.5 Å². The summed E-state index contributed by atoms with van der Waals surface area (Å²) in [6.07, 6.45) is 3.01. The molecule has 0 saturated heterocycles. The van der Waals surface area contributed by atoms with E-state index in [1.54, 1.807) is 11.5 Å². The van der Waals surface area contributed by atoms with Crippen molar-refractivity contribution in [1.82, 2.24) is 14.3 Å². The van der Waals surface area contributed by atoms with E-state index >= 15 is 0 Å². The molecule has 0 radical (unpaired) electrons. The fourth-order valence-electron chi connectivity index (χ4n) is 1.37. The number of amidine groups is 1. The van der Waals surface area contributed by atoms with Gasteiger partial charge >= 0.3 is 0 Å². The summed E-state index contributed by atoms with van der Waals surface area (Å²) in [4.78, 5) is 3.81. The van der Waals surface area contributed by atoms with Gasteiger partial charge in [-0.3, -0.25) is 0 Å². The average molecular weight is 275 g/mol. The molecule has 1 atom stereocenters. The lowest BCUT2D eigenvalue weighted by Crippen LogP contribution is -2.36. The molecule has 1 unspecified atom stereocenters. The molecule has 8 nitrogen and oxygen atoms in total. The van der Waals surface area contributed by atoms with Crippen LogP contribution in [-0.2, 0) is 16.6 Å². The average Bonchev–Trinajstić information content (AvgIpc) is 2.77. The Kier molecular flexibility index (Phi) is 4.68. The number of imidazole rings is 1. The van der Waals surface area contributed by atoms with Crippen LogP contribution in [0, 0.1) is 0 Å². The molecule has 0 aliphatic carbocycles. The molecule has 0 bridgehead atoms. The molecule has 18 heavy (non-hydrogen) atoms. The Bertz CT molecular complexity index is 522. The van der Waals surface area contributed by atoms with E-state index in [-0.39, 0.29) is 17.3 Å². The van der Waals surface area contributed by atoms with Gasteiger partial charge in [-0.2, -0.15) is 0 Å². The van der Waals surface area contributed by atoms with Crippen molar-refractivity contribution in [2.24, 2.45) is 10.9 Å². The summed E-state index contributed by atoms with van der Waals surface area (Å²) in [5.74, 6) is -0.0377. The van der Waals surface area contributed by atoms with E-state index in [2.05, 4.69) is 14.9 Å². The summed E-state index contributed by atoms with van der Waals surface area (Å²) in [5.41, 5.74) is 5.30. The molecule has 4 N–H and O–H groups in total. The van der Waals surface area contributed by atoms with Gasteiger partial charge in [0.2, 0.25) is 0 Å². The molecule has 0 spiro atoms. The monoisotopic (exact) mass is 275 g/mol. The van der Waals surface area contributed by atoms with Crippen LogP contribution in [0.5, 0.6) is 0 Å². The van der Waals surface area contributed by atoms with Crippen molar-refractivity contribution < 1.29 is 13.6 Å². The van der Waals surface area contributed by atoms with Crippen molar-refractivity contribution in [3.63, 3.8) is 0 Å². The van der Waals surface area contributed by atoms with Crippen LogP contribution >= 0.6 is 0 Å². The zero-order chi connectivity index (χ0) is 13.8. The van der Waals surface area contributed by atoms with Gasteiger partial charge in [-0.15, -0.1) is 0 Å². The maximum Gasteiger partial charge on any atom is 0.259 e. The molecule has 0 saturated carbocycles. The van der Waals surface area contributed by atoms with Crippen molar-refractivity contribution in [2.45, 2.75) is 37.9 Å². The van der Waals surface area contributed by atoms with Gasteiger partial charge in [0.05, 0.1) is 6.33 Å². The highest BCUT2D eigenvalue weighted by Crippen LogP contribution is 2.07. The van der Waals surface area contributed by atoms with Crippen molar-refractivity contribution in [1.29, 1.82) is 0 Å². The minimum absolute atomic E-state index is 0.0377. The number of hydrogen-bond donors (Lipinski definition) is 3. The van der Waals surface area contributed by atoms with E-state index in [9.17, 15) is 8.42 Å². The van der Waals surface area contributed by atoms with Gasteiger partial charge in [0.1, 0.15) is 5.84 Å². The predicted octanol–water partition coefficient (Wildman–Crippen LogP) is -0.294. The molecule has 0 aliphatic rings. The molecule has 1 heterocycles. The lowest BCUT2D eigenvalue weighted by molar-refractivity contribution is 0.316. The van der Waals surface area contributed by atoms with Gasteiger partial charge in [-0.05, 0) is 13.8 Å². The topological polar surface area (TPSA) is 123 Å². The van der Waals surface area contributed by atoms with Crippen LogP contribution in [0.3, 0.4) is 0 Å². The Morgan fingerprint density at radius 2 is 2.39 bits per heavy atom. The highest BCUT2D eigenvalue weighted by Gasteiger charge is 2.20. The SMILES string of the molecule is CCn1cnc(S(=O)(=O)NC(C)CC(N)=NO)c1. The van der Waals surface area contributed by atoms with Crippen LogP contribution < -0.4 is 10.5 Å². The standard InChI is InChI=1S/C9H17N5O3S/c1-3-14-5-9(11-6-14)18(16,17)13-7(2)4-8(10)12-15/h5-7,13,15H,3-4H2,1-2H3,(H2,10,12). The van der Waals surface area contributed by atoms with Crippen LogP contribution in [0.4, 0.5) is 0 Å². The molecule has 0 amide bonds. The predicted molar refractivity (Wildman–Crippen MR) is 65.7 cm³/mol. The van der Waals surface area contributed by atoms with Gasteiger partial charge in [-0.1, -0.05) is 5.16 Å². The maximum atomic E-state index is 11.9. The van der Waals surface area contributed by atoms with Gasteiger partial charge in [0, 0.05) is 25.2 Å². The quantitative estimate of drug-likeness (QED) is 0.285. The molecular formula is C9H17N5O3S. The first-order chi connectivity index (χ1) is 8.39. The van der Waals surface area contributed by atoms with Gasteiger partial charge in [0.15, 0.2) is 5.03 Å². The summed E-state index contributed by atoms with van der Waals surface area (Å²) in [5, 5.41) is 11.1. The van der Waals surface area contributed by atoms with Crippen LogP contribution in [0.1, 0.15) is 20.3 Å². The summed E-state index contributed by atoms with van der Waals surface area (Å²) < 4.78 is 27.9. The second kappa shape index (κ2) is 5.83. The summed E-state index contributed by atoms with van der Waals surface area (Å²) in [6.45, 7) is 4.14. The van der Waals surface area contributed by atoms with Crippen LogP contribution in [0.25, 0.3) is 0 Å². The van der Waals surface area contributed by atoms with Crippen molar-refractivity contribution in [3.8, 4) is 0 Å². The fourth-order valence-corrected chi connectivity index (χ4v) is 2.57. The number of sulfonamides is 1. The molecule has 0 aliphatic heterocycles. The first-order valence-electron chi connectivity index (χ1n) is 5.39. The van der Waals surface area contributed by atoms with E-state index in [1.165, 1.54) is 12.5 Å². The molecule has 9 heteroatoms. The van der Waals surface area contributed by atoms with Crippen LogP contribution in [0.2, 0.25) is 0 Å². The normalized spacial score (nSPS) is 14.7. The molecule has 1 aromatic heterocycles. The molecule has 1 aromatic rings. The van der Waals surface area contributed by atoms with E-state index in [4.69, 9.17) is 10.9 Å². The number of aryl methyl sites for hydroxylation is 1. The highest BCUT2D eigenvalue weighted by atomic mass is 32.2. The summed E-state index contributed by atoms with van der Waals surface area (Å²) in [7, 11) is -3.68. The number of nitrogens with zero attached hydrogens (tertiary/aromatic N) is 3. The second-order valence-corrected chi connectivity index (χ2v) is 5.52. The highest BCUT2D eigenvalue weighted by molar-refractivity contribution is 7.89. The lowest BCUT2D eigenvalue weighted by Gasteiger charge is -2.11. The Hall–Kier alpha value is -1.61. The van der Waals surface area contributed by atoms with E-state index in [0.717, 1.165) is 0 Å². The molecule has 0 fully saturated rings. The number of aromatic nitrogens is 2. The Morgan fingerprint density at radius 3 is 2.89 bits per heavy atom. The third-order valence-electron chi connectivity index (χ3n) is 2.25. The van der Waals surface area contributed by atoms with Crippen LogP contribution in [0.15, 0.2) is 22.7 Å². The van der Waals surface area contributed by atoms with Gasteiger partial charge < -0.3 is 15.5 Å². The van der Waals surface area contributed by atoms with E-state index in [0.29, 0.717) is 6.54 Å². The zero-order valence-electron chi connectivity index (χ0n) is 10.2. The number of oxime groups is 1. The number of hydrogen-bond acceptors (Lipinski definition) is 5. The number of rotatable bonds is 6. The maximum absolute atomic E-state index is 11.9. The minimum atomic E-state index is -3.68. The van der Waals surface area contributed by atoms with Gasteiger partial charge in [-0.25, -0.2) is 18.1 Å². The third-order valence-corrected chi connectivity index (χ3v) is 3.72. The molecular weight excluding hydrogens is 258 g/mol. The van der Waals surface area contributed by atoms with Crippen LogP contribution in [-0.4, -0.2) is 35.1 Å². The van der Waals surface area contributed by atoms with E-state index < -0.39 is 16.1 Å². The largest absolute Gasteiger partial charge is 0.409 e. The number of nitrogens with one attached hydrogen (secondary N) is 1. The molecule has 1 rings (SSSR count). The van der Waals surface area contributed by atoms with Crippen molar-refractivity contribution >= 4 is 15.9 Å². The second-order valence-electron chi connectivity index (χ2n) is 3.86. The molecule has 0 aromatic carbocycles.